The summed E-state index contributed by atoms with van der Waals surface area (Å²) in [6.45, 7) is 7.17. The van der Waals surface area contributed by atoms with Crippen molar-refractivity contribution in [1.29, 1.82) is 0 Å². The molecule has 5 heteroatoms. The van der Waals surface area contributed by atoms with E-state index in [1.807, 2.05) is 60.7 Å². The van der Waals surface area contributed by atoms with Crippen LogP contribution >= 0.6 is 23.2 Å². The zero-order valence-corrected chi connectivity index (χ0v) is 21.4. The third kappa shape index (κ3) is 4.93. The summed E-state index contributed by atoms with van der Waals surface area (Å²) >= 11 is 13.4. The van der Waals surface area contributed by atoms with Crippen molar-refractivity contribution in [2.24, 2.45) is 0 Å². The highest BCUT2D eigenvalue weighted by Crippen LogP contribution is 2.41. The van der Waals surface area contributed by atoms with E-state index in [1.165, 1.54) is 5.56 Å². The molecule has 0 saturated heterocycles. The van der Waals surface area contributed by atoms with Crippen LogP contribution in [0.25, 0.3) is 22.6 Å². The van der Waals surface area contributed by atoms with Crippen LogP contribution in [-0.2, 0) is 12.0 Å². The SMILES string of the molecule is CC(C)(C)c1cc(Cl)c(Cl)c(N(Cc2ccccc2)c2ccc(-c3nc4ccccc4o3)cc2)c1. The van der Waals surface area contributed by atoms with E-state index in [9.17, 15) is 0 Å². The van der Waals surface area contributed by atoms with Crippen LogP contribution in [0.15, 0.2) is 95.4 Å². The molecule has 0 bridgehead atoms. The van der Waals surface area contributed by atoms with Crippen LogP contribution in [0.3, 0.4) is 0 Å². The summed E-state index contributed by atoms with van der Waals surface area (Å²) < 4.78 is 5.96. The summed E-state index contributed by atoms with van der Waals surface area (Å²) in [6, 6.07) is 30.4. The molecule has 35 heavy (non-hydrogen) atoms. The minimum atomic E-state index is -0.0712. The van der Waals surface area contributed by atoms with E-state index in [2.05, 4.69) is 61.0 Å². The minimum Gasteiger partial charge on any atom is -0.436 e. The molecule has 5 rings (SSSR count). The van der Waals surface area contributed by atoms with Gasteiger partial charge < -0.3 is 9.32 Å². The van der Waals surface area contributed by atoms with E-state index in [0.717, 1.165) is 33.6 Å². The van der Waals surface area contributed by atoms with Gasteiger partial charge in [0.25, 0.3) is 0 Å². The number of benzene rings is 4. The van der Waals surface area contributed by atoms with Gasteiger partial charge in [-0.3, -0.25) is 0 Å². The predicted molar refractivity (Wildman–Crippen MR) is 147 cm³/mol. The largest absolute Gasteiger partial charge is 0.436 e. The number of oxazole rings is 1. The Morgan fingerprint density at radius 2 is 1.51 bits per heavy atom. The smallest absolute Gasteiger partial charge is 0.227 e. The summed E-state index contributed by atoms with van der Waals surface area (Å²) in [6.07, 6.45) is 0. The molecule has 3 nitrogen and oxygen atoms in total. The average molecular weight is 501 g/mol. The Hall–Kier alpha value is -3.27. The first-order valence-electron chi connectivity index (χ1n) is 11.6. The molecule has 0 radical (unpaired) electrons. The van der Waals surface area contributed by atoms with Crippen LogP contribution in [0.4, 0.5) is 11.4 Å². The highest BCUT2D eigenvalue weighted by atomic mass is 35.5. The van der Waals surface area contributed by atoms with Crippen molar-refractivity contribution in [1.82, 2.24) is 4.98 Å². The Balaban J connectivity index is 1.58. The fraction of sp³-hybridized carbons (Fsp3) is 0.167. The number of aromatic nitrogens is 1. The Bertz CT molecular complexity index is 1440. The number of nitrogens with zero attached hydrogens (tertiary/aromatic N) is 2. The van der Waals surface area contributed by atoms with Gasteiger partial charge in [0, 0.05) is 17.8 Å². The van der Waals surface area contributed by atoms with Crippen molar-refractivity contribution in [2.45, 2.75) is 32.7 Å². The van der Waals surface area contributed by atoms with Gasteiger partial charge in [-0.15, -0.1) is 0 Å². The summed E-state index contributed by atoms with van der Waals surface area (Å²) in [5.74, 6) is 0.600. The first kappa shape index (κ1) is 23.5. The van der Waals surface area contributed by atoms with Gasteiger partial charge in [0.05, 0.1) is 15.7 Å². The van der Waals surface area contributed by atoms with E-state index < -0.39 is 0 Å². The predicted octanol–water partition coefficient (Wildman–Crippen LogP) is 9.44. The van der Waals surface area contributed by atoms with Crippen LogP contribution in [0.2, 0.25) is 10.0 Å². The molecule has 5 aromatic rings. The van der Waals surface area contributed by atoms with E-state index in [0.29, 0.717) is 22.5 Å². The maximum absolute atomic E-state index is 6.80. The molecular formula is C30H26Cl2N2O. The standard InChI is InChI=1S/C30H26Cl2N2O/c1-30(2,3)22-17-24(31)28(32)26(18-22)34(19-20-9-5-4-6-10-20)23-15-13-21(14-16-23)29-33-25-11-7-8-12-27(25)35-29/h4-18H,19H2,1-3H3. The Kier molecular flexibility index (Phi) is 6.31. The number of anilines is 2. The van der Waals surface area contributed by atoms with Gasteiger partial charge in [0.15, 0.2) is 5.58 Å². The zero-order chi connectivity index (χ0) is 24.6. The van der Waals surface area contributed by atoms with Crippen LogP contribution in [-0.4, -0.2) is 4.98 Å². The number of hydrogen-bond acceptors (Lipinski definition) is 3. The lowest BCUT2D eigenvalue weighted by Gasteiger charge is -2.29. The molecule has 176 valence electrons. The molecule has 0 aliphatic rings. The zero-order valence-electron chi connectivity index (χ0n) is 19.9. The van der Waals surface area contributed by atoms with E-state index in [4.69, 9.17) is 27.6 Å². The normalized spacial score (nSPS) is 11.7. The number of hydrogen-bond donors (Lipinski definition) is 0. The molecule has 0 amide bonds. The summed E-state index contributed by atoms with van der Waals surface area (Å²) in [5.41, 5.74) is 6.64. The van der Waals surface area contributed by atoms with Crippen molar-refractivity contribution in [3.05, 3.63) is 112 Å². The lowest BCUT2D eigenvalue weighted by atomic mass is 9.86. The van der Waals surface area contributed by atoms with E-state index in [1.54, 1.807) is 0 Å². The summed E-state index contributed by atoms with van der Waals surface area (Å²) in [4.78, 5) is 6.83. The maximum atomic E-state index is 6.80. The van der Waals surface area contributed by atoms with Crippen LogP contribution in [0.5, 0.6) is 0 Å². The van der Waals surface area contributed by atoms with Gasteiger partial charge in [-0.2, -0.15) is 0 Å². The van der Waals surface area contributed by atoms with Gasteiger partial charge in [-0.05, 0) is 65.1 Å². The molecule has 0 spiro atoms. The van der Waals surface area contributed by atoms with Gasteiger partial charge in [0.1, 0.15) is 5.52 Å². The Morgan fingerprint density at radius 3 is 2.20 bits per heavy atom. The molecule has 1 aromatic heterocycles. The Morgan fingerprint density at radius 1 is 0.829 bits per heavy atom. The van der Waals surface area contributed by atoms with Crippen LogP contribution < -0.4 is 4.90 Å². The third-order valence-corrected chi connectivity index (χ3v) is 6.86. The first-order valence-corrected chi connectivity index (χ1v) is 12.3. The van der Waals surface area contributed by atoms with Gasteiger partial charge in [-0.1, -0.05) is 86.4 Å². The van der Waals surface area contributed by atoms with Crippen molar-refractivity contribution in [3.8, 4) is 11.5 Å². The van der Waals surface area contributed by atoms with Crippen molar-refractivity contribution >= 4 is 45.7 Å². The quantitative estimate of drug-likeness (QED) is 0.240. The molecule has 0 atom stereocenters. The number of rotatable bonds is 5. The first-order chi connectivity index (χ1) is 16.8. The van der Waals surface area contributed by atoms with Crippen LogP contribution in [0, 0.1) is 0 Å². The molecule has 0 fully saturated rings. The second-order valence-electron chi connectivity index (χ2n) is 9.65. The van der Waals surface area contributed by atoms with Crippen molar-refractivity contribution in [3.63, 3.8) is 0 Å². The van der Waals surface area contributed by atoms with Gasteiger partial charge in [0.2, 0.25) is 5.89 Å². The molecule has 0 aliphatic heterocycles. The maximum Gasteiger partial charge on any atom is 0.227 e. The molecular weight excluding hydrogens is 475 g/mol. The second-order valence-corrected chi connectivity index (χ2v) is 10.4. The third-order valence-electron chi connectivity index (χ3n) is 6.07. The monoisotopic (exact) mass is 500 g/mol. The highest BCUT2D eigenvalue weighted by molar-refractivity contribution is 6.43. The summed E-state index contributed by atoms with van der Waals surface area (Å²) in [5, 5.41) is 1.09. The van der Waals surface area contributed by atoms with E-state index in [-0.39, 0.29) is 5.41 Å². The molecule has 0 saturated carbocycles. The fourth-order valence-corrected chi connectivity index (χ4v) is 4.49. The Labute approximate surface area is 215 Å². The molecule has 0 N–H and O–H groups in total. The van der Waals surface area contributed by atoms with Crippen molar-refractivity contribution < 1.29 is 4.42 Å². The second kappa shape index (κ2) is 9.41. The average Bonchev–Trinajstić information content (AvgIpc) is 3.29. The van der Waals surface area contributed by atoms with Gasteiger partial charge >= 0.3 is 0 Å². The molecule has 4 aromatic carbocycles. The number of halogens is 2. The lowest BCUT2D eigenvalue weighted by molar-refractivity contribution is 0.590. The minimum absolute atomic E-state index is 0.0712. The number of para-hydroxylation sites is 2. The molecule has 1 heterocycles. The van der Waals surface area contributed by atoms with Crippen LogP contribution in [0.1, 0.15) is 31.9 Å². The van der Waals surface area contributed by atoms with E-state index >= 15 is 0 Å². The fourth-order valence-electron chi connectivity index (χ4n) is 4.07. The van der Waals surface area contributed by atoms with Crippen molar-refractivity contribution in [2.75, 3.05) is 4.90 Å². The topological polar surface area (TPSA) is 29.3 Å². The number of fused-ring (bicyclic) bond motifs is 1. The highest BCUT2D eigenvalue weighted by Gasteiger charge is 2.22. The molecule has 0 aliphatic carbocycles. The van der Waals surface area contributed by atoms with Gasteiger partial charge in [-0.25, -0.2) is 4.98 Å². The lowest BCUT2D eigenvalue weighted by Crippen LogP contribution is -2.19. The summed E-state index contributed by atoms with van der Waals surface area (Å²) in [7, 11) is 0. The molecule has 0 unspecified atom stereocenters.